The molecule has 5 heteroatoms. The highest BCUT2D eigenvalue weighted by Gasteiger charge is 2.50. The van der Waals surface area contributed by atoms with E-state index in [1.165, 1.54) is 19.1 Å². The zero-order chi connectivity index (χ0) is 13.0. The molecule has 0 radical (unpaired) electrons. The van der Waals surface area contributed by atoms with Crippen LogP contribution in [-0.4, -0.2) is 33.3 Å². The van der Waals surface area contributed by atoms with Gasteiger partial charge in [-0.05, 0) is 43.0 Å². The largest absolute Gasteiger partial charge is 0.368 e. The first-order chi connectivity index (χ1) is 8.38. The maximum Gasteiger partial charge on any atom is 0.175 e. The number of benzene rings is 1. The van der Waals surface area contributed by atoms with Crippen molar-refractivity contribution in [3.05, 3.63) is 24.3 Å². The van der Waals surface area contributed by atoms with Gasteiger partial charge < -0.3 is 10.6 Å². The van der Waals surface area contributed by atoms with Crippen molar-refractivity contribution in [3.63, 3.8) is 0 Å². The van der Waals surface area contributed by atoms with E-state index in [9.17, 15) is 8.42 Å². The fraction of sp³-hybridized carbons (Fsp3) is 0.538. The summed E-state index contributed by atoms with van der Waals surface area (Å²) in [6.45, 7) is 1.77. The number of sulfone groups is 1. The highest BCUT2D eigenvalue weighted by atomic mass is 32.2. The van der Waals surface area contributed by atoms with Crippen LogP contribution in [0.25, 0.3) is 0 Å². The highest BCUT2D eigenvalue weighted by molar-refractivity contribution is 7.90. The molecule has 2 aliphatic rings. The van der Waals surface area contributed by atoms with E-state index in [0.29, 0.717) is 10.8 Å². The van der Waals surface area contributed by atoms with E-state index in [2.05, 4.69) is 4.90 Å². The number of nitrogens with zero attached hydrogens (tertiary/aromatic N) is 1. The average molecular weight is 266 g/mol. The summed E-state index contributed by atoms with van der Waals surface area (Å²) in [6.07, 6.45) is 3.75. The van der Waals surface area contributed by atoms with Crippen LogP contribution in [0.3, 0.4) is 0 Å². The van der Waals surface area contributed by atoms with Crippen molar-refractivity contribution in [1.29, 1.82) is 0 Å². The molecule has 1 heterocycles. The zero-order valence-electron chi connectivity index (χ0n) is 10.5. The van der Waals surface area contributed by atoms with Crippen molar-refractivity contribution >= 4 is 15.5 Å². The second-order valence-electron chi connectivity index (χ2n) is 5.63. The molecule has 98 valence electrons. The molecule has 0 atom stereocenters. The lowest BCUT2D eigenvalue weighted by Crippen LogP contribution is -2.69. The molecular weight excluding hydrogens is 248 g/mol. The minimum absolute atomic E-state index is 0.00446. The molecule has 4 nitrogen and oxygen atoms in total. The Kier molecular flexibility index (Phi) is 2.47. The molecule has 18 heavy (non-hydrogen) atoms. The fourth-order valence-electron chi connectivity index (χ4n) is 2.67. The van der Waals surface area contributed by atoms with Crippen LogP contribution in [-0.2, 0) is 9.84 Å². The first kappa shape index (κ1) is 12.0. The van der Waals surface area contributed by atoms with Gasteiger partial charge in [0, 0.05) is 25.0 Å². The van der Waals surface area contributed by atoms with E-state index >= 15 is 0 Å². The van der Waals surface area contributed by atoms with Crippen molar-refractivity contribution in [2.45, 2.75) is 23.3 Å². The van der Waals surface area contributed by atoms with Gasteiger partial charge in [-0.3, -0.25) is 0 Å². The summed E-state index contributed by atoms with van der Waals surface area (Å²) in [7, 11) is -3.10. The summed E-state index contributed by atoms with van der Waals surface area (Å²) in [5.74, 6) is 0.698. The van der Waals surface area contributed by atoms with Crippen LogP contribution in [0.2, 0.25) is 0 Å². The van der Waals surface area contributed by atoms with E-state index in [0.717, 1.165) is 18.8 Å². The van der Waals surface area contributed by atoms with Crippen LogP contribution in [0.15, 0.2) is 29.2 Å². The van der Waals surface area contributed by atoms with Gasteiger partial charge in [0.15, 0.2) is 9.84 Å². The lowest BCUT2D eigenvalue weighted by atomic mass is 9.85. The lowest BCUT2D eigenvalue weighted by molar-refractivity contribution is 0.291. The second kappa shape index (κ2) is 3.71. The Hall–Kier alpha value is -1.07. The van der Waals surface area contributed by atoms with E-state index in [-0.39, 0.29) is 5.54 Å². The first-order valence-corrected chi connectivity index (χ1v) is 8.12. The van der Waals surface area contributed by atoms with Gasteiger partial charge in [0.2, 0.25) is 0 Å². The molecule has 1 saturated heterocycles. The van der Waals surface area contributed by atoms with E-state index in [1.54, 1.807) is 12.1 Å². The zero-order valence-corrected chi connectivity index (χ0v) is 11.3. The van der Waals surface area contributed by atoms with Crippen molar-refractivity contribution < 1.29 is 8.42 Å². The number of anilines is 1. The minimum atomic E-state index is -3.10. The molecule has 2 fully saturated rings. The normalized spacial score (nSPS) is 22.7. The molecule has 3 rings (SSSR count). The molecule has 0 amide bonds. The monoisotopic (exact) mass is 266 g/mol. The third-order valence-corrected chi connectivity index (χ3v) is 5.12. The Bertz CT molecular complexity index is 555. The summed E-state index contributed by atoms with van der Waals surface area (Å²) in [6, 6.07) is 7.06. The van der Waals surface area contributed by atoms with Gasteiger partial charge in [-0.1, -0.05) is 0 Å². The van der Waals surface area contributed by atoms with Crippen molar-refractivity contribution in [2.75, 3.05) is 24.2 Å². The predicted molar refractivity (Wildman–Crippen MR) is 71.4 cm³/mol. The van der Waals surface area contributed by atoms with Crippen LogP contribution in [0.5, 0.6) is 0 Å². The molecule has 0 unspecified atom stereocenters. The van der Waals surface area contributed by atoms with Crippen molar-refractivity contribution in [1.82, 2.24) is 0 Å². The fourth-order valence-corrected chi connectivity index (χ4v) is 3.30. The van der Waals surface area contributed by atoms with Crippen LogP contribution in [0, 0.1) is 5.92 Å². The van der Waals surface area contributed by atoms with Crippen LogP contribution in [0.1, 0.15) is 12.8 Å². The molecule has 1 aromatic carbocycles. The predicted octanol–water partition coefficient (Wildman–Crippen LogP) is 1.02. The Labute approximate surface area is 108 Å². The van der Waals surface area contributed by atoms with E-state index < -0.39 is 9.84 Å². The molecule has 1 saturated carbocycles. The summed E-state index contributed by atoms with van der Waals surface area (Å²) in [5.41, 5.74) is 7.35. The van der Waals surface area contributed by atoms with Crippen LogP contribution in [0.4, 0.5) is 5.69 Å². The average Bonchev–Trinajstić information content (AvgIpc) is 3.08. The van der Waals surface area contributed by atoms with Crippen LogP contribution >= 0.6 is 0 Å². The highest BCUT2D eigenvalue weighted by Crippen LogP contribution is 2.44. The standard InChI is InChI=1S/C13H18N2O2S/c1-18(16,17)12-6-4-11(5-7-12)15-8-13(14,9-15)10-2-3-10/h4-7,10H,2-3,8-9,14H2,1H3. The number of nitrogens with two attached hydrogens (primary N) is 1. The quantitative estimate of drug-likeness (QED) is 0.887. The molecule has 0 spiro atoms. The summed E-state index contributed by atoms with van der Waals surface area (Å²) >= 11 is 0. The smallest absolute Gasteiger partial charge is 0.175 e. The molecule has 1 aliphatic carbocycles. The summed E-state index contributed by atoms with van der Waals surface area (Å²) in [4.78, 5) is 2.58. The van der Waals surface area contributed by atoms with Gasteiger partial charge in [-0.2, -0.15) is 0 Å². The molecule has 1 aliphatic heterocycles. The van der Waals surface area contributed by atoms with E-state index in [1.807, 2.05) is 12.1 Å². The van der Waals surface area contributed by atoms with Gasteiger partial charge in [0.05, 0.1) is 10.4 Å². The van der Waals surface area contributed by atoms with Gasteiger partial charge >= 0.3 is 0 Å². The molecule has 1 aromatic rings. The summed E-state index contributed by atoms with van der Waals surface area (Å²) in [5, 5.41) is 0. The lowest BCUT2D eigenvalue weighted by Gasteiger charge is -2.49. The van der Waals surface area contributed by atoms with Crippen LogP contribution < -0.4 is 10.6 Å². The van der Waals surface area contributed by atoms with Gasteiger partial charge in [0.25, 0.3) is 0 Å². The first-order valence-electron chi connectivity index (χ1n) is 6.22. The number of rotatable bonds is 3. The molecular formula is C13H18N2O2S. The summed E-state index contributed by atoms with van der Waals surface area (Å²) < 4.78 is 22.7. The maximum atomic E-state index is 11.4. The second-order valence-corrected chi connectivity index (χ2v) is 7.65. The molecule has 0 bridgehead atoms. The number of hydrogen-bond acceptors (Lipinski definition) is 4. The Morgan fingerprint density at radius 1 is 1.22 bits per heavy atom. The molecule has 0 aromatic heterocycles. The van der Waals surface area contributed by atoms with Gasteiger partial charge in [0.1, 0.15) is 0 Å². The van der Waals surface area contributed by atoms with Gasteiger partial charge in [-0.25, -0.2) is 8.42 Å². The van der Waals surface area contributed by atoms with Gasteiger partial charge in [-0.15, -0.1) is 0 Å². The minimum Gasteiger partial charge on any atom is -0.368 e. The number of hydrogen-bond donors (Lipinski definition) is 1. The Morgan fingerprint density at radius 3 is 2.22 bits per heavy atom. The SMILES string of the molecule is CS(=O)(=O)c1ccc(N2CC(N)(C3CC3)C2)cc1. The third kappa shape index (κ3) is 2.01. The topological polar surface area (TPSA) is 63.4 Å². The van der Waals surface area contributed by atoms with E-state index in [4.69, 9.17) is 5.73 Å². The maximum absolute atomic E-state index is 11.4. The Morgan fingerprint density at radius 2 is 1.78 bits per heavy atom. The van der Waals surface area contributed by atoms with Crippen molar-refractivity contribution in [2.24, 2.45) is 11.7 Å². The molecule has 2 N–H and O–H groups in total. The Balaban J connectivity index is 1.72. The third-order valence-electron chi connectivity index (χ3n) is 3.99. The van der Waals surface area contributed by atoms with Crippen molar-refractivity contribution in [3.8, 4) is 0 Å².